The van der Waals surface area contributed by atoms with Gasteiger partial charge in [-0.2, -0.15) is 0 Å². The second kappa shape index (κ2) is 8.41. The highest BCUT2D eigenvalue weighted by molar-refractivity contribution is 7.92. The van der Waals surface area contributed by atoms with E-state index in [2.05, 4.69) is 20.0 Å². The minimum absolute atomic E-state index is 0.0632. The number of ether oxygens (including phenoxy) is 1. The fraction of sp³-hybridized carbons (Fsp3) is 0.263. The summed E-state index contributed by atoms with van der Waals surface area (Å²) in [6.45, 7) is 4.16. The molecule has 2 aromatic carbocycles. The summed E-state index contributed by atoms with van der Waals surface area (Å²) in [5, 5.41) is 12.5. The summed E-state index contributed by atoms with van der Waals surface area (Å²) in [6, 6.07) is 13.3. The van der Waals surface area contributed by atoms with E-state index in [0.29, 0.717) is 23.4 Å². The molecule has 0 bridgehead atoms. The molecule has 3 N–H and O–H groups in total. The lowest BCUT2D eigenvalue weighted by molar-refractivity contribution is 0.208. The van der Waals surface area contributed by atoms with E-state index in [0.717, 1.165) is 0 Å². The maximum Gasteiger partial charge on any atom is 0.263 e. The highest BCUT2D eigenvalue weighted by atomic mass is 32.2. The molecule has 148 valence electrons. The molecule has 1 heterocycles. The number of hydrogen-bond acceptors (Lipinski definition) is 7. The smallest absolute Gasteiger partial charge is 0.263 e. The third-order valence-electron chi connectivity index (χ3n) is 3.81. The van der Waals surface area contributed by atoms with Crippen molar-refractivity contribution in [2.75, 3.05) is 23.2 Å². The van der Waals surface area contributed by atoms with Gasteiger partial charge in [-0.05, 0) is 50.2 Å². The summed E-state index contributed by atoms with van der Waals surface area (Å²) in [4.78, 5) is 8.90. The normalized spacial score (nSPS) is 12.5. The van der Waals surface area contributed by atoms with E-state index < -0.39 is 16.1 Å². The Morgan fingerprint density at radius 3 is 2.21 bits per heavy atom. The molecule has 3 aromatic rings. The number of sulfonamides is 1. The van der Waals surface area contributed by atoms with Crippen molar-refractivity contribution in [1.29, 1.82) is 0 Å². The van der Waals surface area contributed by atoms with Crippen molar-refractivity contribution in [3.8, 4) is 5.75 Å². The van der Waals surface area contributed by atoms with Crippen LogP contribution < -0.4 is 14.8 Å². The van der Waals surface area contributed by atoms with Crippen LogP contribution in [0, 0.1) is 0 Å². The number of nitrogens with zero attached hydrogens (tertiary/aromatic N) is 2. The average molecular weight is 402 g/mol. The van der Waals surface area contributed by atoms with Gasteiger partial charge in [-0.25, -0.2) is 18.4 Å². The monoisotopic (exact) mass is 402 g/mol. The molecule has 1 atom stereocenters. The summed E-state index contributed by atoms with van der Waals surface area (Å²) < 4.78 is 33.4. The van der Waals surface area contributed by atoms with Gasteiger partial charge in [0.05, 0.1) is 28.6 Å². The minimum Gasteiger partial charge on any atom is -0.494 e. The van der Waals surface area contributed by atoms with Gasteiger partial charge in [0, 0.05) is 6.54 Å². The Hall–Kier alpha value is -2.91. The van der Waals surface area contributed by atoms with Gasteiger partial charge in [-0.3, -0.25) is 4.72 Å². The molecule has 0 aliphatic rings. The maximum atomic E-state index is 12.8. The highest BCUT2D eigenvalue weighted by Gasteiger charge is 2.19. The maximum absolute atomic E-state index is 12.8. The molecular weight excluding hydrogens is 380 g/mol. The summed E-state index contributed by atoms with van der Waals surface area (Å²) >= 11 is 0. The van der Waals surface area contributed by atoms with Gasteiger partial charge < -0.3 is 15.2 Å². The topological polar surface area (TPSA) is 113 Å². The van der Waals surface area contributed by atoms with Gasteiger partial charge in [-0.15, -0.1) is 0 Å². The Morgan fingerprint density at radius 2 is 1.64 bits per heavy atom. The third-order valence-corrected chi connectivity index (χ3v) is 5.17. The van der Waals surface area contributed by atoms with Gasteiger partial charge in [0.15, 0.2) is 11.6 Å². The molecule has 0 fully saturated rings. The molecule has 0 amide bonds. The summed E-state index contributed by atoms with van der Waals surface area (Å²) in [7, 11) is -3.89. The molecular formula is C19H22N4O4S. The predicted octanol–water partition coefficient (Wildman–Crippen LogP) is 2.62. The molecule has 0 aliphatic heterocycles. The number of para-hydroxylation sites is 2. The fourth-order valence-electron chi connectivity index (χ4n) is 2.51. The Kier molecular flexibility index (Phi) is 5.96. The van der Waals surface area contributed by atoms with Gasteiger partial charge in [-0.1, -0.05) is 12.1 Å². The zero-order valence-electron chi connectivity index (χ0n) is 15.6. The molecule has 8 nitrogen and oxygen atoms in total. The number of aliphatic hydroxyl groups excluding tert-OH is 1. The van der Waals surface area contributed by atoms with E-state index in [1.54, 1.807) is 37.3 Å². The Balaban J connectivity index is 1.95. The number of anilines is 2. The summed E-state index contributed by atoms with van der Waals surface area (Å²) in [6.07, 6.45) is -0.635. The molecule has 1 aromatic heterocycles. The fourth-order valence-corrected chi connectivity index (χ4v) is 3.52. The largest absolute Gasteiger partial charge is 0.494 e. The Bertz CT molecular complexity index is 1050. The predicted molar refractivity (Wildman–Crippen MR) is 108 cm³/mol. The number of hydrogen-bond donors (Lipinski definition) is 3. The summed E-state index contributed by atoms with van der Waals surface area (Å²) in [5.74, 6) is 0.897. The lowest BCUT2D eigenvalue weighted by Gasteiger charge is -2.14. The first kappa shape index (κ1) is 19.8. The molecule has 1 unspecified atom stereocenters. The van der Waals surface area contributed by atoms with Gasteiger partial charge in [0.2, 0.25) is 0 Å². The molecule has 0 spiro atoms. The van der Waals surface area contributed by atoms with Gasteiger partial charge in [0.25, 0.3) is 10.0 Å². The number of aromatic nitrogens is 2. The standard InChI is InChI=1S/C19H22N4O4S/c1-3-27-14-8-10-15(11-9-14)28(25,26)23-19-18(20-12-13(2)24)21-16-6-4-5-7-17(16)22-19/h4-11,13,24H,3,12H2,1-2H3,(H,20,21)(H,22,23). The molecule has 28 heavy (non-hydrogen) atoms. The van der Waals surface area contributed by atoms with Crippen LogP contribution in [0.5, 0.6) is 5.75 Å². The number of rotatable bonds is 8. The Morgan fingerprint density at radius 1 is 1.04 bits per heavy atom. The van der Waals surface area contributed by atoms with Crippen molar-refractivity contribution in [2.45, 2.75) is 24.8 Å². The van der Waals surface area contributed by atoms with Crippen molar-refractivity contribution in [3.05, 3.63) is 48.5 Å². The lowest BCUT2D eigenvalue weighted by atomic mass is 10.3. The minimum atomic E-state index is -3.89. The second-order valence-electron chi connectivity index (χ2n) is 6.15. The Labute approximate surface area is 163 Å². The van der Waals surface area contributed by atoms with E-state index >= 15 is 0 Å². The zero-order valence-corrected chi connectivity index (χ0v) is 16.4. The van der Waals surface area contributed by atoms with Crippen LogP contribution in [-0.4, -0.2) is 42.7 Å². The SMILES string of the molecule is CCOc1ccc(S(=O)(=O)Nc2nc3ccccc3nc2NCC(C)O)cc1. The molecule has 3 rings (SSSR count). The zero-order chi connectivity index (χ0) is 20.1. The van der Waals surface area contributed by atoms with Crippen molar-refractivity contribution in [2.24, 2.45) is 0 Å². The van der Waals surface area contributed by atoms with Crippen LogP contribution in [0.2, 0.25) is 0 Å². The lowest BCUT2D eigenvalue weighted by Crippen LogP contribution is -2.20. The van der Waals surface area contributed by atoms with Crippen molar-refractivity contribution in [3.63, 3.8) is 0 Å². The van der Waals surface area contributed by atoms with Crippen molar-refractivity contribution in [1.82, 2.24) is 9.97 Å². The number of nitrogens with one attached hydrogen (secondary N) is 2. The van der Waals surface area contributed by atoms with Crippen molar-refractivity contribution < 1.29 is 18.3 Å². The molecule has 0 radical (unpaired) electrons. The molecule has 0 aliphatic carbocycles. The van der Waals surface area contributed by atoms with Gasteiger partial charge in [0.1, 0.15) is 5.75 Å². The van der Waals surface area contributed by atoms with Crippen LogP contribution in [-0.2, 0) is 10.0 Å². The van der Waals surface area contributed by atoms with Crippen LogP contribution in [0.1, 0.15) is 13.8 Å². The first-order valence-electron chi connectivity index (χ1n) is 8.83. The van der Waals surface area contributed by atoms with Gasteiger partial charge >= 0.3 is 0 Å². The van der Waals surface area contributed by atoms with E-state index in [1.165, 1.54) is 12.1 Å². The first-order valence-corrected chi connectivity index (χ1v) is 10.3. The van der Waals surface area contributed by atoms with E-state index in [1.807, 2.05) is 13.0 Å². The van der Waals surface area contributed by atoms with Crippen molar-refractivity contribution >= 4 is 32.7 Å². The highest BCUT2D eigenvalue weighted by Crippen LogP contribution is 2.25. The third kappa shape index (κ3) is 4.68. The van der Waals surface area contributed by atoms with Crippen LogP contribution in [0.25, 0.3) is 11.0 Å². The van der Waals surface area contributed by atoms with Crippen LogP contribution in [0.3, 0.4) is 0 Å². The van der Waals surface area contributed by atoms with Crippen LogP contribution in [0.15, 0.2) is 53.4 Å². The van der Waals surface area contributed by atoms with Crippen LogP contribution >= 0.6 is 0 Å². The number of benzene rings is 2. The summed E-state index contributed by atoms with van der Waals surface area (Å²) in [5.41, 5.74) is 1.16. The second-order valence-corrected chi connectivity index (χ2v) is 7.83. The molecule has 0 saturated carbocycles. The first-order chi connectivity index (χ1) is 13.4. The average Bonchev–Trinajstić information content (AvgIpc) is 2.66. The molecule has 0 saturated heterocycles. The van der Waals surface area contributed by atoms with E-state index in [4.69, 9.17) is 4.74 Å². The van der Waals surface area contributed by atoms with Crippen LogP contribution in [0.4, 0.5) is 11.6 Å². The number of aliphatic hydroxyl groups is 1. The quantitative estimate of drug-likeness (QED) is 0.531. The molecule has 9 heteroatoms. The van der Waals surface area contributed by atoms with E-state index in [-0.39, 0.29) is 23.1 Å². The van der Waals surface area contributed by atoms with E-state index in [9.17, 15) is 13.5 Å². The number of fused-ring (bicyclic) bond motifs is 1.